The van der Waals surface area contributed by atoms with Crippen LogP contribution in [0.4, 0.5) is 0 Å². The lowest BCUT2D eigenvalue weighted by Crippen LogP contribution is -2.45. The summed E-state index contributed by atoms with van der Waals surface area (Å²) < 4.78 is 5.22. The van der Waals surface area contributed by atoms with Crippen LogP contribution in [0.5, 0.6) is 5.75 Å². The first-order chi connectivity index (χ1) is 14.6. The lowest BCUT2D eigenvalue weighted by molar-refractivity contribution is -0.138. The van der Waals surface area contributed by atoms with Crippen molar-refractivity contribution in [3.8, 4) is 5.75 Å². The Morgan fingerprint density at radius 3 is 2.50 bits per heavy atom. The van der Waals surface area contributed by atoms with Gasteiger partial charge in [-0.25, -0.2) is 0 Å². The topological polar surface area (TPSA) is 71.7 Å². The number of pyridine rings is 1. The minimum Gasteiger partial charge on any atom is -0.497 e. The Morgan fingerprint density at radius 1 is 1.10 bits per heavy atom. The molecule has 1 aromatic carbocycles. The molecule has 2 saturated heterocycles. The van der Waals surface area contributed by atoms with Crippen molar-refractivity contribution < 1.29 is 9.53 Å². The Hall–Kier alpha value is -2.44. The van der Waals surface area contributed by atoms with Crippen LogP contribution in [-0.2, 0) is 11.3 Å². The minimum atomic E-state index is -0.161. The largest absolute Gasteiger partial charge is 0.497 e. The van der Waals surface area contributed by atoms with E-state index in [4.69, 9.17) is 10.5 Å². The maximum Gasteiger partial charge on any atom is 0.229 e. The number of methoxy groups -OCH3 is 1. The third kappa shape index (κ3) is 4.50. The molecule has 2 aliphatic heterocycles. The number of nitrogens with two attached hydrogens (primary N) is 1. The quantitative estimate of drug-likeness (QED) is 0.763. The number of aromatic nitrogens is 1. The molecule has 6 heteroatoms. The first kappa shape index (κ1) is 20.8. The van der Waals surface area contributed by atoms with Gasteiger partial charge < -0.3 is 20.3 Å². The molecular weight excluding hydrogens is 376 g/mol. The number of carbonyl (C=O) groups excluding carboxylic acids is 1. The Balaban J connectivity index is 1.27. The van der Waals surface area contributed by atoms with Gasteiger partial charge in [0.25, 0.3) is 0 Å². The van der Waals surface area contributed by atoms with E-state index in [1.54, 1.807) is 13.3 Å². The van der Waals surface area contributed by atoms with Gasteiger partial charge in [0.15, 0.2) is 0 Å². The monoisotopic (exact) mass is 408 g/mol. The van der Waals surface area contributed by atoms with Crippen molar-refractivity contribution in [3.05, 3.63) is 59.9 Å². The molecule has 30 heavy (non-hydrogen) atoms. The second kappa shape index (κ2) is 9.14. The number of nitrogens with zero attached hydrogens (tertiary/aromatic N) is 3. The SMILES string of the molecule is COc1ccc(CN2CCC3(CCN(CCC(N)c4ccccn4)CC3)C2=O)cc1. The van der Waals surface area contributed by atoms with Gasteiger partial charge in [-0.1, -0.05) is 18.2 Å². The van der Waals surface area contributed by atoms with Crippen molar-refractivity contribution in [1.29, 1.82) is 0 Å². The summed E-state index contributed by atoms with van der Waals surface area (Å²) in [5.41, 5.74) is 8.25. The zero-order valence-corrected chi connectivity index (χ0v) is 17.8. The number of rotatable bonds is 7. The Morgan fingerprint density at radius 2 is 1.83 bits per heavy atom. The molecule has 0 bridgehead atoms. The zero-order valence-electron chi connectivity index (χ0n) is 17.8. The van der Waals surface area contributed by atoms with E-state index in [0.29, 0.717) is 12.5 Å². The van der Waals surface area contributed by atoms with Gasteiger partial charge in [-0.2, -0.15) is 0 Å². The number of carbonyl (C=O) groups is 1. The normalized spacial score (nSPS) is 19.9. The Labute approximate surface area is 179 Å². The van der Waals surface area contributed by atoms with Crippen LogP contribution in [0.1, 0.15) is 43.0 Å². The predicted molar refractivity (Wildman–Crippen MR) is 117 cm³/mol. The van der Waals surface area contributed by atoms with Crippen molar-refractivity contribution >= 4 is 5.91 Å². The van der Waals surface area contributed by atoms with Crippen molar-refractivity contribution in [3.63, 3.8) is 0 Å². The van der Waals surface area contributed by atoms with Gasteiger partial charge in [0.05, 0.1) is 18.2 Å². The summed E-state index contributed by atoms with van der Waals surface area (Å²) in [7, 11) is 1.67. The van der Waals surface area contributed by atoms with Crippen LogP contribution in [-0.4, -0.2) is 54.0 Å². The number of likely N-dealkylation sites (tertiary alicyclic amines) is 2. The number of amides is 1. The molecule has 2 fully saturated rings. The van der Waals surface area contributed by atoms with Crippen LogP contribution in [0, 0.1) is 5.41 Å². The van der Waals surface area contributed by atoms with Crippen LogP contribution >= 0.6 is 0 Å². The van der Waals surface area contributed by atoms with Gasteiger partial charge in [0.1, 0.15) is 5.75 Å². The van der Waals surface area contributed by atoms with E-state index in [1.807, 2.05) is 47.4 Å². The molecule has 0 aliphatic carbocycles. The fraction of sp³-hybridized carbons (Fsp3) is 0.500. The maximum absolute atomic E-state index is 13.2. The van der Waals surface area contributed by atoms with Crippen molar-refractivity contribution in [1.82, 2.24) is 14.8 Å². The highest BCUT2D eigenvalue weighted by Crippen LogP contribution is 2.42. The molecule has 160 valence electrons. The van der Waals surface area contributed by atoms with Crippen LogP contribution in [0.3, 0.4) is 0 Å². The molecule has 1 spiro atoms. The van der Waals surface area contributed by atoms with Crippen molar-refractivity contribution in [2.75, 3.05) is 33.3 Å². The summed E-state index contributed by atoms with van der Waals surface area (Å²) in [6.07, 6.45) is 5.56. The standard InChI is InChI=1S/C24H32N4O2/c1-30-20-7-5-19(6-8-20)18-28-17-12-24(23(28)29)10-15-27(16-11-24)14-9-21(25)22-4-2-3-13-26-22/h2-8,13,21H,9-12,14-18,25H2,1H3. The summed E-state index contributed by atoms with van der Waals surface area (Å²) in [6.45, 7) is 4.44. The molecule has 6 nitrogen and oxygen atoms in total. The van der Waals surface area contributed by atoms with Gasteiger partial charge in [0, 0.05) is 25.3 Å². The van der Waals surface area contributed by atoms with Crippen molar-refractivity contribution in [2.24, 2.45) is 11.1 Å². The maximum atomic E-state index is 13.2. The van der Waals surface area contributed by atoms with E-state index in [-0.39, 0.29) is 11.5 Å². The van der Waals surface area contributed by atoms with E-state index in [0.717, 1.165) is 68.9 Å². The number of piperidine rings is 1. The Bertz CT molecular complexity index is 832. The van der Waals surface area contributed by atoms with Crippen molar-refractivity contribution in [2.45, 2.75) is 38.3 Å². The van der Waals surface area contributed by atoms with Gasteiger partial charge in [-0.15, -0.1) is 0 Å². The van der Waals surface area contributed by atoms with Crippen LogP contribution in [0.15, 0.2) is 48.7 Å². The van der Waals surface area contributed by atoms with Gasteiger partial charge >= 0.3 is 0 Å². The smallest absolute Gasteiger partial charge is 0.229 e. The fourth-order valence-electron chi connectivity index (χ4n) is 4.73. The molecule has 3 heterocycles. The molecule has 1 unspecified atom stereocenters. The van der Waals surface area contributed by atoms with Crippen LogP contribution in [0.25, 0.3) is 0 Å². The third-order valence-electron chi connectivity index (χ3n) is 6.77. The molecular formula is C24H32N4O2. The van der Waals surface area contributed by atoms with Gasteiger partial charge in [-0.3, -0.25) is 9.78 Å². The molecule has 1 aromatic heterocycles. The number of benzene rings is 1. The summed E-state index contributed by atoms with van der Waals surface area (Å²) in [5.74, 6) is 1.18. The van der Waals surface area contributed by atoms with E-state index in [9.17, 15) is 4.79 Å². The van der Waals surface area contributed by atoms with E-state index in [1.165, 1.54) is 0 Å². The van der Waals surface area contributed by atoms with Gasteiger partial charge in [0.2, 0.25) is 5.91 Å². The molecule has 2 N–H and O–H groups in total. The number of ether oxygens (including phenoxy) is 1. The third-order valence-corrected chi connectivity index (χ3v) is 6.77. The highest BCUT2D eigenvalue weighted by Gasteiger charge is 2.47. The summed E-state index contributed by atoms with van der Waals surface area (Å²) in [6, 6.07) is 13.9. The average molecular weight is 409 g/mol. The minimum absolute atomic E-state index is 0.0322. The Kier molecular flexibility index (Phi) is 6.35. The first-order valence-corrected chi connectivity index (χ1v) is 10.9. The number of hydrogen-bond acceptors (Lipinski definition) is 5. The summed E-state index contributed by atoms with van der Waals surface area (Å²) in [5, 5.41) is 0. The first-order valence-electron chi connectivity index (χ1n) is 10.9. The van der Waals surface area contributed by atoms with Crippen LogP contribution < -0.4 is 10.5 Å². The van der Waals surface area contributed by atoms with Crippen LogP contribution in [0.2, 0.25) is 0 Å². The lowest BCUT2D eigenvalue weighted by atomic mass is 9.77. The second-order valence-electron chi connectivity index (χ2n) is 8.60. The molecule has 0 radical (unpaired) electrons. The molecule has 1 amide bonds. The van der Waals surface area contributed by atoms with E-state index >= 15 is 0 Å². The number of hydrogen-bond donors (Lipinski definition) is 1. The molecule has 2 aromatic rings. The van der Waals surface area contributed by atoms with E-state index in [2.05, 4.69) is 9.88 Å². The lowest BCUT2D eigenvalue weighted by Gasteiger charge is -2.38. The fourth-order valence-corrected chi connectivity index (χ4v) is 4.73. The molecule has 4 rings (SSSR count). The predicted octanol–water partition coefficient (Wildman–Crippen LogP) is 2.99. The highest BCUT2D eigenvalue weighted by atomic mass is 16.5. The average Bonchev–Trinajstić information content (AvgIpc) is 3.09. The second-order valence-corrected chi connectivity index (χ2v) is 8.60. The summed E-state index contributed by atoms with van der Waals surface area (Å²) in [4.78, 5) is 22.1. The molecule has 1 atom stereocenters. The van der Waals surface area contributed by atoms with Gasteiger partial charge in [-0.05, 0) is 75.1 Å². The molecule has 2 aliphatic rings. The van der Waals surface area contributed by atoms with E-state index < -0.39 is 0 Å². The molecule has 0 saturated carbocycles. The highest BCUT2D eigenvalue weighted by molar-refractivity contribution is 5.85. The zero-order chi connectivity index (χ0) is 21.0. The summed E-state index contributed by atoms with van der Waals surface area (Å²) >= 11 is 0.